The predicted octanol–water partition coefficient (Wildman–Crippen LogP) is 1.37. The number of benzene rings is 1. The summed E-state index contributed by atoms with van der Waals surface area (Å²) in [6.45, 7) is 5.48. The second-order valence-corrected chi connectivity index (χ2v) is 7.56. The number of aromatic carboxylic acids is 1. The Kier molecular flexibility index (Phi) is 4.89. The minimum atomic E-state index is -0.994. The molecule has 0 unspecified atom stereocenters. The first-order chi connectivity index (χ1) is 11.1. The van der Waals surface area contributed by atoms with Crippen molar-refractivity contribution in [2.75, 3.05) is 0 Å². The van der Waals surface area contributed by atoms with Crippen molar-refractivity contribution >= 4 is 35.2 Å². The molecule has 0 bridgehead atoms. The summed E-state index contributed by atoms with van der Waals surface area (Å²) in [6.07, 6.45) is 3.19. The van der Waals surface area contributed by atoms with Crippen LogP contribution in [0.25, 0.3) is 12.2 Å². The highest BCUT2D eigenvalue weighted by Crippen LogP contribution is 2.14. The van der Waals surface area contributed by atoms with E-state index >= 15 is 0 Å². The molecule has 0 saturated carbocycles. The maximum atomic E-state index is 12.3. The smallest absolute Gasteiger partial charge is 0.335 e. The van der Waals surface area contributed by atoms with Crippen LogP contribution in [-0.4, -0.2) is 21.4 Å². The fourth-order valence-electron chi connectivity index (χ4n) is 1.91. The largest absolute Gasteiger partial charge is 0.478 e. The van der Waals surface area contributed by atoms with E-state index in [0.717, 1.165) is 5.56 Å². The highest BCUT2D eigenvalue weighted by atomic mass is 32.1. The maximum Gasteiger partial charge on any atom is 0.335 e. The number of aromatic nitrogens is 1. The molecule has 2 rings (SSSR count). The number of carbonyl (C=O) groups excluding carboxylic acids is 1. The van der Waals surface area contributed by atoms with E-state index in [2.05, 4.69) is 0 Å². The number of hydrogen-bond acceptors (Lipinski definition) is 4. The minimum Gasteiger partial charge on any atom is -0.478 e. The lowest BCUT2D eigenvalue weighted by atomic mass is 9.91. The van der Waals surface area contributed by atoms with E-state index in [1.54, 1.807) is 25.3 Å². The van der Waals surface area contributed by atoms with Gasteiger partial charge in [-0.2, -0.15) is 0 Å². The molecule has 0 radical (unpaired) electrons. The zero-order valence-electron chi connectivity index (χ0n) is 14.0. The molecule has 0 aliphatic rings. The van der Waals surface area contributed by atoms with Gasteiger partial charge in [-0.3, -0.25) is 9.59 Å². The Hall–Kier alpha value is -2.47. The van der Waals surface area contributed by atoms with E-state index in [0.29, 0.717) is 9.20 Å². The van der Waals surface area contributed by atoms with Crippen LogP contribution in [0, 0.1) is 5.41 Å². The summed E-state index contributed by atoms with van der Waals surface area (Å²) in [5, 5.41) is 8.90. The Labute approximate surface area is 143 Å². The molecule has 0 amide bonds. The van der Waals surface area contributed by atoms with Crippen molar-refractivity contribution in [3.8, 4) is 0 Å². The molecule has 24 heavy (non-hydrogen) atoms. The molecule has 126 valence electrons. The van der Waals surface area contributed by atoms with E-state index in [4.69, 9.17) is 5.11 Å². The van der Waals surface area contributed by atoms with Crippen LogP contribution in [0.3, 0.4) is 0 Å². The topological polar surface area (TPSA) is 76.4 Å². The Morgan fingerprint density at radius 2 is 1.75 bits per heavy atom. The molecule has 0 spiro atoms. The zero-order chi connectivity index (χ0) is 18.1. The third-order valence-corrected chi connectivity index (χ3v) is 4.62. The van der Waals surface area contributed by atoms with Crippen LogP contribution in [0.1, 0.15) is 36.7 Å². The number of nitrogens with zero attached hydrogens (tertiary/aromatic N) is 1. The molecule has 6 heteroatoms. The Balaban J connectivity index is 2.51. The average molecular weight is 345 g/mol. The number of carboxylic acids is 1. The van der Waals surface area contributed by atoms with E-state index in [9.17, 15) is 14.4 Å². The van der Waals surface area contributed by atoms with Gasteiger partial charge in [0.05, 0.1) is 10.1 Å². The highest BCUT2D eigenvalue weighted by molar-refractivity contribution is 7.07. The Morgan fingerprint density at radius 3 is 2.25 bits per heavy atom. The normalized spacial score (nSPS) is 13.3. The summed E-state index contributed by atoms with van der Waals surface area (Å²) in [5.41, 5.74) is 0.232. The van der Waals surface area contributed by atoms with Gasteiger partial charge in [0.25, 0.3) is 5.56 Å². The van der Waals surface area contributed by atoms with E-state index in [-0.39, 0.29) is 16.9 Å². The fraction of sp³-hybridized carbons (Fsp3) is 0.278. The summed E-state index contributed by atoms with van der Waals surface area (Å²) >= 11 is 1.24. The monoisotopic (exact) mass is 345 g/mol. The number of rotatable bonds is 3. The number of carboxylic acid groups (broad SMARTS) is 1. The van der Waals surface area contributed by atoms with Crippen molar-refractivity contribution in [2.24, 2.45) is 12.5 Å². The van der Waals surface area contributed by atoms with Crippen molar-refractivity contribution in [1.82, 2.24) is 4.57 Å². The van der Waals surface area contributed by atoms with Gasteiger partial charge in [-0.05, 0) is 23.8 Å². The zero-order valence-corrected chi connectivity index (χ0v) is 14.8. The molecule has 0 fully saturated rings. The van der Waals surface area contributed by atoms with Gasteiger partial charge in [0, 0.05) is 18.5 Å². The molecule has 0 saturated heterocycles. The van der Waals surface area contributed by atoms with Gasteiger partial charge in [-0.25, -0.2) is 4.79 Å². The van der Waals surface area contributed by atoms with E-state index in [1.807, 2.05) is 20.8 Å². The molecule has 0 aliphatic carbocycles. The lowest BCUT2D eigenvalue weighted by Gasteiger charge is -2.12. The van der Waals surface area contributed by atoms with E-state index < -0.39 is 11.4 Å². The van der Waals surface area contributed by atoms with Crippen LogP contribution >= 0.6 is 11.3 Å². The molecular formula is C18H19NO4S. The van der Waals surface area contributed by atoms with Crippen LogP contribution < -0.4 is 14.8 Å². The number of carbonyl (C=O) groups is 2. The van der Waals surface area contributed by atoms with Gasteiger partial charge in [0.15, 0.2) is 5.78 Å². The minimum absolute atomic E-state index is 0.0447. The summed E-state index contributed by atoms with van der Waals surface area (Å²) in [4.78, 5) is 35.3. The predicted molar refractivity (Wildman–Crippen MR) is 94.7 cm³/mol. The fourth-order valence-corrected chi connectivity index (χ4v) is 2.94. The van der Waals surface area contributed by atoms with E-state index in [1.165, 1.54) is 34.1 Å². The first-order valence-corrected chi connectivity index (χ1v) is 8.18. The number of hydrogen-bond donors (Lipinski definition) is 1. The first kappa shape index (κ1) is 17.9. The van der Waals surface area contributed by atoms with Crippen molar-refractivity contribution < 1.29 is 14.7 Å². The highest BCUT2D eigenvalue weighted by Gasteiger charge is 2.19. The Bertz CT molecular complexity index is 956. The summed E-state index contributed by atoms with van der Waals surface area (Å²) < 4.78 is 2.54. The maximum absolute atomic E-state index is 12.3. The average Bonchev–Trinajstić information content (AvgIpc) is 2.75. The molecule has 1 aromatic carbocycles. The van der Waals surface area contributed by atoms with Gasteiger partial charge >= 0.3 is 5.97 Å². The summed E-state index contributed by atoms with van der Waals surface area (Å²) in [5.74, 6) is -1.04. The molecule has 1 heterocycles. The third kappa shape index (κ3) is 3.89. The number of thiazole rings is 1. The van der Waals surface area contributed by atoms with Crippen molar-refractivity contribution in [3.63, 3.8) is 0 Å². The van der Waals surface area contributed by atoms with Crippen LogP contribution in [-0.2, 0) is 11.8 Å². The van der Waals surface area contributed by atoms with Gasteiger partial charge < -0.3 is 9.67 Å². The van der Waals surface area contributed by atoms with Crippen molar-refractivity contribution in [3.05, 3.63) is 54.9 Å². The quantitative estimate of drug-likeness (QED) is 0.911. The second kappa shape index (κ2) is 6.57. The molecule has 1 aromatic heterocycles. The summed E-state index contributed by atoms with van der Waals surface area (Å²) in [7, 11) is 1.63. The molecular weight excluding hydrogens is 326 g/mol. The van der Waals surface area contributed by atoms with Gasteiger partial charge in [-0.1, -0.05) is 32.9 Å². The van der Waals surface area contributed by atoms with Gasteiger partial charge in [0.2, 0.25) is 0 Å². The first-order valence-electron chi connectivity index (χ1n) is 7.36. The van der Waals surface area contributed by atoms with Crippen LogP contribution in [0.4, 0.5) is 0 Å². The number of ketones is 1. The summed E-state index contributed by atoms with van der Waals surface area (Å²) in [6, 6.07) is 6.27. The lowest BCUT2D eigenvalue weighted by Crippen LogP contribution is -2.30. The Morgan fingerprint density at radius 1 is 1.17 bits per heavy atom. The molecule has 0 aliphatic heterocycles. The standard InChI is InChI=1S/C18H19NO4S/c1-18(2,3)14(20)10-15-19(4)16(21)13(24-15)9-11-5-7-12(8-6-11)17(22)23/h5-10H,1-4H3,(H,22,23)/b13-9-,15-10-. The molecule has 2 aromatic rings. The number of Topliss-reactive ketones (excluding diaryl/α,β-unsaturated/α-hetero) is 1. The SMILES string of the molecule is Cn1c(=O)/c(=C/c2ccc(C(=O)O)cc2)s/c1=C\C(=O)C(C)(C)C. The van der Waals surface area contributed by atoms with Crippen LogP contribution in [0.15, 0.2) is 29.1 Å². The van der Waals surface area contributed by atoms with Crippen molar-refractivity contribution in [2.45, 2.75) is 20.8 Å². The third-order valence-electron chi connectivity index (χ3n) is 3.51. The van der Waals surface area contributed by atoms with Crippen LogP contribution in [0.5, 0.6) is 0 Å². The lowest BCUT2D eigenvalue weighted by molar-refractivity contribution is -0.120. The van der Waals surface area contributed by atoms with Gasteiger partial charge in [-0.15, -0.1) is 11.3 Å². The second-order valence-electron chi connectivity index (χ2n) is 6.50. The molecule has 1 N–H and O–H groups in total. The van der Waals surface area contributed by atoms with Crippen molar-refractivity contribution in [1.29, 1.82) is 0 Å². The molecule has 5 nitrogen and oxygen atoms in total. The van der Waals surface area contributed by atoms with Gasteiger partial charge in [0.1, 0.15) is 4.66 Å². The molecule has 0 atom stereocenters. The van der Waals surface area contributed by atoms with Crippen LogP contribution in [0.2, 0.25) is 0 Å².